The van der Waals surface area contributed by atoms with E-state index in [1.807, 2.05) is 36.4 Å². The van der Waals surface area contributed by atoms with Crippen LogP contribution in [0, 0.1) is 0 Å². The summed E-state index contributed by atoms with van der Waals surface area (Å²) >= 11 is 6.19. The van der Waals surface area contributed by atoms with Crippen molar-refractivity contribution >= 4 is 28.9 Å². The third-order valence-corrected chi connectivity index (χ3v) is 5.17. The van der Waals surface area contributed by atoms with Crippen molar-refractivity contribution in [3.8, 4) is 0 Å². The summed E-state index contributed by atoms with van der Waals surface area (Å²) in [5.74, 6) is 0.182. The van der Waals surface area contributed by atoms with Gasteiger partial charge in [-0.25, -0.2) is 0 Å². The van der Waals surface area contributed by atoms with Crippen LogP contribution in [0.2, 0.25) is 5.02 Å². The third kappa shape index (κ3) is 4.77. The Labute approximate surface area is 160 Å². The molecular weight excluding hydrogens is 346 g/mol. The van der Waals surface area contributed by atoms with E-state index in [9.17, 15) is 4.79 Å². The maximum atomic E-state index is 12.6. The van der Waals surface area contributed by atoms with Crippen molar-refractivity contribution in [3.05, 3.63) is 59.1 Å². The first-order valence-corrected chi connectivity index (χ1v) is 9.48. The van der Waals surface area contributed by atoms with E-state index in [4.69, 9.17) is 11.6 Å². The molecule has 138 valence electrons. The van der Waals surface area contributed by atoms with Crippen LogP contribution in [-0.2, 0) is 4.79 Å². The molecule has 0 saturated carbocycles. The second kappa shape index (κ2) is 8.56. The molecule has 0 aliphatic carbocycles. The van der Waals surface area contributed by atoms with Crippen molar-refractivity contribution in [1.29, 1.82) is 0 Å². The Balaban J connectivity index is 1.70. The van der Waals surface area contributed by atoms with Crippen LogP contribution in [0.25, 0.3) is 0 Å². The number of halogens is 1. The molecule has 4 nitrogen and oxygen atoms in total. The monoisotopic (exact) mass is 371 g/mol. The van der Waals surface area contributed by atoms with Crippen LogP contribution in [0.4, 0.5) is 11.4 Å². The summed E-state index contributed by atoms with van der Waals surface area (Å²) in [5.41, 5.74) is 3.02. The van der Waals surface area contributed by atoms with Crippen LogP contribution in [0.3, 0.4) is 0 Å². The molecule has 2 aromatic carbocycles. The number of benzene rings is 2. The van der Waals surface area contributed by atoms with Crippen LogP contribution in [0.5, 0.6) is 0 Å². The molecule has 0 bridgehead atoms. The van der Waals surface area contributed by atoms with Crippen molar-refractivity contribution in [3.63, 3.8) is 0 Å². The van der Waals surface area contributed by atoms with Crippen molar-refractivity contribution in [1.82, 2.24) is 4.90 Å². The maximum absolute atomic E-state index is 12.6. The molecule has 3 rings (SSSR count). The summed E-state index contributed by atoms with van der Waals surface area (Å²) in [4.78, 5) is 17.2. The van der Waals surface area contributed by atoms with Gasteiger partial charge in [-0.05, 0) is 36.7 Å². The summed E-state index contributed by atoms with van der Waals surface area (Å²) in [6.07, 6.45) is 0.443. The lowest BCUT2D eigenvalue weighted by atomic mass is 9.97. The molecular formula is C21H26ClN3O. The van der Waals surface area contributed by atoms with Gasteiger partial charge in [-0.15, -0.1) is 0 Å². The van der Waals surface area contributed by atoms with E-state index in [1.165, 1.54) is 5.56 Å². The summed E-state index contributed by atoms with van der Waals surface area (Å²) in [7, 11) is 2.13. The molecule has 1 aliphatic heterocycles. The first-order chi connectivity index (χ1) is 12.5. The van der Waals surface area contributed by atoms with Crippen molar-refractivity contribution in [2.45, 2.75) is 19.3 Å². The highest BCUT2D eigenvalue weighted by Gasteiger charge is 2.19. The Morgan fingerprint density at radius 1 is 1.12 bits per heavy atom. The maximum Gasteiger partial charge on any atom is 0.225 e. The van der Waals surface area contributed by atoms with Gasteiger partial charge in [0, 0.05) is 37.6 Å². The zero-order valence-electron chi connectivity index (χ0n) is 15.4. The molecule has 5 heteroatoms. The number of carbonyl (C=O) groups is 1. The van der Waals surface area contributed by atoms with Crippen LogP contribution in [-0.4, -0.2) is 44.0 Å². The molecule has 1 heterocycles. The van der Waals surface area contributed by atoms with Crippen LogP contribution < -0.4 is 10.2 Å². The zero-order valence-corrected chi connectivity index (χ0v) is 16.2. The van der Waals surface area contributed by atoms with E-state index in [0.717, 1.165) is 37.6 Å². The van der Waals surface area contributed by atoms with E-state index in [-0.39, 0.29) is 11.8 Å². The molecule has 1 saturated heterocycles. The minimum atomic E-state index is 0.0130. The molecule has 1 atom stereocenters. The van der Waals surface area contributed by atoms with Gasteiger partial charge < -0.3 is 15.1 Å². The van der Waals surface area contributed by atoms with Crippen molar-refractivity contribution in [2.24, 2.45) is 0 Å². The third-order valence-electron chi connectivity index (χ3n) is 4.94. The standard InChI is InChI=1S/C21H26ClN3O/c1-16(17-6-4-3-5-7-17)14-21(26)23-19-15-18(22)8-9-20(19)25-12-10-24(2)11-13-25/h3-9,15-16H,10-14H2,1-2H3,(H,23,26). The van der Waals surface area contributed by atoms with Crippen LogP contribution >= 0.6 is 11.6 Å². The van der Waals surface area contributed by atoms with Crippen molar-refractivity contribution in [2.75, 3.05) is 43.4 Å². The topological polar surface area (TPSA) is 35.6 Å². The summed E-state index contributed by atoms with van der Waals surface area (Å²) in [6, 6.07) is 15.9. The fourth-order valence-corrected chi connectivity index (χ4v) is 3.48. The first kappa shape index (κ1) is 18.7. The minimum absolute atomic E-state index is 0.0130. The number of nitrogens with one attached hydrogen (secondary N) is 1. The molecule has 2 aromatic rings. The first-order valence-electron chi connectivity index (χ1n) is 9.11. The van der Waals surface area contributed by atoms with E-state index in [1.54, 1.807) is 0 Å². The Morgan fingerprint density at radius 3 is 2.50 bits per heavy atom. The second-order valence-electron chi connectivity index (χ2n) is 7.02. The highest BCUT2D eigenvalue weighted by Crippen LogP contribution is 2.30. The number of piperazine rings is 1. The number of anilines is 2. The second-order valence-corrected chi connectivity index (χ2v) is 7.45. The van der Waals surface area contributed by atoms with Crippen LogP contribution in [0.15, 0.2) is 48.5 Å². The van der Waals surface area contributed by atoms with E-state index in [2.05, 4.69) is 41.2 Å². The number of hydrogen-bond acceptors (Lipinski definition) is 3. The predicted molar refractivity (Wildman–Crippen MR) is 109 cm³/mol. The molecule has 0 spiro atoms. The molecule has 0 aromatic heterocycles. The highest BCUT2D eigenvalue weighted by atomic mass is 35.5. The lowest BCUT2D eigenvalue weighted by molar-refractivity contribution is -0.116. The van der Waals surface area contributed by atoms with Gasteiger partial charge in [-0.3, -0.25) is 4.79 Å². The zero-order chi connectivity index (χ0) is 18.5. The Bertz CT molecular complexity index is 742. The molecule has 1 fully saturated rings. The summed E-state index contributed by atoms with van der Waals surface area (Å²) in [5, 5.41) is 3.72. The molecule has 1 unspecified atom stereocenters. The smallest absolute Gasteiger partial charge is 0.225 e. The van der Waals surface area contributed by atoms with Gasteiger partial charge in [-0.2, -0.15) is 0 Å². The SMILES string of the molecule is CC(CC(=O)Nc1cc(Cl)ccc1N1CCN(C)CC1)c1ccccc1. The average Bonchev–Trinajstić information content (AvgIpc) is 2.63. The number of nitrogens with zero attached hydrogens (tertiary/aromatic N) is 2. The van der Waals surface area contributed by atoms with E-state index < -0.39 is 0 Å². The number of rotatable bonds is 5. The van der Waals surface area contributed by atoms with Gasteiger partial charge in [-0.1, -0.05) is 48.9 Å². The highest BCUT2D eigenvalue weighted by molar-refractivity contribution is 6.31. The lowest BCUT2D eigenvalue weighted by Crippen LogP contribution is -2.44. The Kier molecular flexibility index (Phi) is 6.17. The van der Waals surface area contributed by atoms with Gasteiger partial charge in [0.1, 0.15) is 0 Å². The fraction of sp³-hybridized carbons (Fsp3) is 0.381. The number of likely N-dealkylation sites (N-methyl/N-ethyl adjacent to an activating group) is 1. The van der Waals surface area contributed by atoms with Crippen LogP contribution in [0.1, 0.15) is 24.8 Å². The lowest BCUT2D eigenvalue weighted by Gasteiger charge is -2.35. The average molecular weight is 372 g/mol. The van der Waals surface area contributed by atoms with Gasteiger partial charge in [0.15, 0.2) is 0 Å². The van der Waals surface area contributed by atoms with Gasteiger partial charge >= 0.3 is 0 Å². The quantitative estimate of drug-likeness (QED) is 0.854. The van der Waals surface area contributed by atoms with Crippen molar-refractivity contribution < 1.29 is 4.79 Å². The molecule has 26 heavy (non-hydrogen) atoms. The number of amides is 1. The van der Waals surface area contributed by atoms with Gasteiger partial charge in [0.2, 0.25) is 5.91 Å². The largest absolute Gasteiger partial charge is 0.367 e. The molecule has 1 aliphatic rings. The molecule has 1 amide bonds. The summed E-state index contributed by atoms with van der Waals surface area (Å²) < 4.78 is 0. The van der Waals surface area contributed by atoms with Gasteiger partial charge in [0.25, 0.3) is 0 Å². The predicted octanol–water partition coefficient (Wildman–Crippen LogP) is 4.22. The summed E-state index contributed by atoms with van der Waals surface area (Å²) in [6.45, 7) is 6.00. The molecule has 0 radical (unpaired) electrons. The molecule has 1 N–H and O–H groups in total. The van der Waals surface area contributed by atoms with E-state index >= 15 is 0 Å². The normalized spacial score (nSPS) is 16.3. The fourth-order valence-electron chi connectivity index (χ4n) is 3.31. The van der Waals surface area contributed by atoms with Gasteiger partial charge in [0.05, 0.1) is 11.4 Å². The Hall–Kier alpha value is -2.04. The number of carbonyl (C=O) groups excluding carboxylic acids is 1. The Morgan fingerprint density at radius 2 is 1.81 bits per heavy atom. The van der Waals surface area contributed by atoms with E-state index in [0.29, 0.717) is 11.4 Å². The number of hydrogen-bond donors (Lipinski definition) is 1. The minimum Gasteiger partial charge on any atom is -0.367 e.